The number of nitrogens with zero attached hydrogens (tertiary/aromatic N) is 2. The number of aromatic nitrogens is 2. The Hall–Kier alpha value is -0.910. The van der Waals surface area contributed by atoms with Gasteiger partial charge in [0.1, 0.15) is 0 Å². The first-order chi connectivity index (χ1) is 7.84. The van der Waals surface area contributed by atoms with Gasteiger partial charge in [-0.2, -0.15) is 0 Å². The van der Waals surface area contributed by atoms with Crippen molar-refractivity contribution in [2.75, 3.05) is 19.8 Å². The molecule has 2 aromatic heterocycles. The summed E-state index contributed by atoms with van der Waals surface area (Å²) in [6.07, 6.45) is 6.12. The third-order valence-electron chi connectivity index (χ3n) is 3.48. The number of hydrogen-bond acceptors (Lipinski definition) is 4. The summed E-state index contributed by atoms with van der Waals surface area (Å²) in [4.78, 5) is 5.74. The van der Waals surface area contributed by atoms with Crippen molar-refractivity contribution in [2.45, 2.75) is 18.3 Å². The molecule has 0 aromatic carbocycles. The first kappa shape index (κ1) is 10.3. The Kier molecular flexibility index (Phi) is 2.46. The third-order valence-corrected chi connectivity index (χ3v) is 4.25. The van der Waals surface area contributed by atoms with Crippen molar-refractivity contribution in [1.29, 1.82) is 0 Å². The molecule has 4 nitrogen and oxygen atoms in total. The van der Waals surface area contributed by atoms with Crippen molar-refractivity contribution < 1.29 is 4.74 Å². The SMILES string of the molecule is NCC1(c2cn3ccsc3n2)CCOCC1. The van der Waals surface area contributed by atoms with Crippen LogP contribution in [-0.2, 0) is 10.2 Å². The highest BCUT2D eigenvalue weighted by Gasteiger charge is 2.35. The van der Waals surface area contributed by atoms with Gasteiger partial charge < -0.3 is 10.5 Å². The second-order valence-electron chi connectivity index (χ2n) is 4.32. The number of fused-ring (bicyclic) bond motifs is 1. The molecule has 0 atom stereocenters. The first-order valence-corrected chi connectivity index (χ1v) is 6.42. The van der Waals surface area contributed by atoms with Gasteiger partial charge in [0.25, 0.3) is 0 Å². The summed E-state index contributed by atoms with van der Waals surface area (Å²) in [5.41, 5.74) is 7.12. The first-order valence-electron chi connectivity index (χ1n) is 5.55. The third kappa shape index (κ3) is 1.47. The topological polar surface area (TPSA) is 52.5 Å². The molecule has 1 fully saturated rings. The minimum Gasteiger partial charge on any atom is -0.381 e. The Morgan fingerprint density at radius 3 is 3.00 bits per heavy atom. The molecular weight excluding hydrogens is 222 g/mol. The van der Waals surface area contributed by atoms with Gasteiger partial charge in [0.15, 0.2) is 4.96 Å². The molecule has 86 valence electrons. The Morgan fingerprint density at radius 1 is 1.50 bits per heavy atom. The second-order valence-corrected chi connectivity index (χ2v) is 5.19. The zero-order chi connectivity index (χ0) is 11.0. The van der Waals surface area contributed by atoms with Crippen LogP contribution in [0.3, 0.4) is 0 Å². The zero-order valence-corrected chi connectivity index (χ0v) is 9.87. The molecule has 16 heavy (non-hydrogen) atoms. The average molecular weight is 237 g/mol. The summed E-state index contributed by atoms with van der Waals surface area (Å²) in [6.45, 7) is 2.24. The van der Waals surface area contributed by atoms with Crippen LogP contribution in [0, 0.1) is 0 Å². The highest BCUT2D eigenvalue weighted by Crippen LogP contribution is 2.33. The minimum absolute atomic E-state index is 0.0317. The summed E-state index contributed by atoms with van der Waals surface area (Å²) >= 11 is 1.66. The van der Waals surface area contributed by atoms with E-state index in [9.17, 15) is 0 Å². The maximum absolute atomic E-state index is 5.96. The monoisotopic (exact) mass is 237 g/mol. The predicted octanol–water partition coefficient (Wildman–Crippen LogP) is 1.40. The maximum Gasteiger partial charge on any atom is 0.193 e. The van der Waals surface area contributed by atoms with Crippen LogP contribution >= 0.6 is 11.3 Å². The van der Waals surface area contributed by atoms with Crippen LogP contribution < -0.4 is 5.73 Å². The molecule has 0 radical (unpaired) electrons. The summed E-state index contributed by atoms with van der Waals surface area (Å²) in [5.74, 6) is 0. The molecule has 0 saturated carbocycles. The minimum atomic E-state index is 0.0317. The van der Waals surface area contributed by atoms with E-state index in [-0.39, 0.29) is 5.41 Å². The van der Waals surface area contributed by atoms with Crippen LogP contribution in [0.25, 0.3) is 4.96 Å². The van der Waals surface area contributed by atoms with E-state index >= 15 is 0 Å². The van der Waals surface area contributed by atoms with Gasteiger partial charge in [-0.05, 0) is 12.8 Å². The number of hydrogen-bond donors (Lipinski definition) is 1. The lowest BCUT2D eigenvalue weighted by atomic mass is 9.78. The van der Waals surface area contributed by atoms with Crippen molar-refractivity contribution in [3.05, 3.63) is 23.5 Å². The van der Waals surface area contributed by atoms with Gasteiger partial charge in [0, 0.05) is 42.9 Å². The summed E-state index contributed by atoms with van der Waals surface area (Å²) in [5, 5.41) is 2.05. The fourth-order valence-corrected chi connectivity index (χ4v) is 3.01. The van der Waals surface area contributed by atoms with E-state index < -0.39 is 0 Å². The van der Waals surface area contributed by atoms with E-state index in [0.717, 1.165) is 36.7 Å². The fraction of sp³-hybridized carbons (Fsp3) is 0.545. The Balaban J connectivity index is 2.02. The Labute approximate surface area is 98.0 Å². The number of ether oxygens (including phenoxy) is 1. The van der Waals surface area contributed by atoms with Crippen LogP contribution in [0.5, 0.6) is 0 Å². The van der Waals surface area contributed by atoms with E-state index in [1.807, 2.05) is 11.6 Å². The summed E-state index contributed by atoms with van der Waals surface area (Å²) < 4.78 is 7.49. The van der Waals surface area contributed by atoms with E-state index in [1.165, 1.54) is 0 Å². The summed E-state index contributed by atoms with van der Waals surface area (Å²) in [6, 6.07) is 0. The van der Waals surface area contributed by atoms with Gasteiger partial charge in [-0.15, -0.1) is 11.3 Å². The van der Waals surface area contributed by atoms with Crippen LogP contribution in [0.4, 0.5) is 0 Å². The zero-order valence-electron chi connectivity index (χ0n) is 9.06. The van der Waals surface area contributed by atoms with Crippen molar-refractivity contribution in [1.82, 2.24) is 9.38 Å². The normalized spacial score (nSPS) is 20.3. The van der Waals surface area contributed by atoms with Gasteiger partial charge in [-0.25, -0.2) is 4.98 Å². The van der Waals surface area contributed by atoms with Crippen LogP contribution in [0.15, 0.2) is 17.8 Å². The number of nitrogens with two attached hydrogens (primary N) is 1. The molecule has 1 aliphatic rings. The molecule has 5 heteroatoms. The van der Waals surface area contributed by atoms with Crippen LogP contribution in [0.1, 0.15) is 18.5 Å². The second kappa shape index (κ2) is 3.84. The van der Waals surface area contributed by atoms with E-state index in [0.29, 0.717) is 6.54 Å². The van der Waals surface area contributed by atoms with Crippen LogP contribution in [0.2, 0.25) is 0 Å². The molecule has 1 aliphatic heterocycles. The van der Waals surface area contributed by atoms with Crippen molar-refractivity contribution in [3.8, 4) is 0 Å². The predicted molar refractivity (Wildman–Crippen MR) is 63.9 cm³/mol. The van der Waals surface area contributed by atoms with Crippen molar-refractivity contribution in [2.24, 2.45) is 5.73 Å². The molecule has 0 spiro atoms. The molecule has 0 bridgehead atoms. The van der Waals surface area contributed by atoms with Crippen molar-refractivity contribution in [3.63, 3.8) is 0 Å². The standard InChI is InChI=1S/C11H15N3OS/c12-8-11(1-4-15-5-2-11)9-7-14-3-6-16-10(14)13-9/h3,6-7H,1-2,4-5,8,12H2. The lowest BCUT2D eigenvalue weighted by molar-refractivity contribution is 0.0517. The lowest BCUT2D eigenvalue weighted by Gasteiger charge is -2.34. The Bertz CT molecular complexity index is 456. The smallest absolute Gasteiger partial charge is 0.193 e. The highest BCUT2D eigenvalue weighted by molar-refractivity contribution is 7.15. The molecule has 2 aromatic rings. The quantitative estimate of drug-likeness (QED) is 0.859. The van der Waals surface area contributed by atoms with E-state index in [1.54, 1.807) is 11.3 Å². The number of thiazole rings is 1. The Morgan fingerprint density at radius 2 is 2.31 bits per heavy atom. The average Bonchev–Trinajstić information content (AvgIpc) is 2.90. The van der Waals surface area contributed by atoms with Crippen LogP contribution in [-0.4, -0.2) is 29.1 Å². The lowest BCUT2D eigenvalue weighted by Crippen LogP contribution is -2.40. The number of rotatable bonds is 2. The van der Waals surface area contributed by atoms with E-state index in [4.69, 9.17) is 10.5 Å². The fourth-order valence-electron chi connectivity index (χ4n) is 2.31. The molecule has 3 rings (SSSR count). The van der Waals surface area contributed by atoms with Gasteiger partial charge in [-0.3, -0.25) is 4.40 Å². The van der Waals surface area contributed by atoms with E-state index in [2.05, 4.69) is 15.6 Å². The molecule has 0 amide bonds. The molecule has 1 saturated heterocycles. The highest BCUT2D eigenvalue weighted by atomic mass is 32.1. The molecule has 0 aliphatic carbocycles. The molecule has 2 N–H and O–H groups in total. The van der Waals surface area contributed by atoms with Crippen molar-refractivity contribution >= 4 is 16.3 Å². The molecule has 0 unspecified atom stereocenters. The molecule has 3 heterocycles. The largest absolute Gasteiger partial charge is 0.381 e. The number of imidazole rings is 1. The van der Waals surface area contributed by atoms with Gasteiger partial charge >= 0.3 is 0 Å². The maximum atomic E-state index is 5.96. The summed E-state index contributed by atoms with van der Waals surface area (Å²) in [7, 11) is 0. The van der Waals surface area contributed by atoms with Gasteiger partial charge in [0.05, 0.1) is 5.69 Å². The van der Waals surface area contributed by atoms with Gasteiger partial charge in [0.2, 0.25) is 0 Å². The molecular formula is C11H15N3OS. The van der Waals surface area contributed by atoms with Gasteiger partial charge in [-0.1, -0.05) is 0 Å².